The molecule has 0 saturated heterocycles. The Morgan fingerprint density at radius 1 is 1.08 bits per heavy atom. The first-order valence-electron chi connectivity index (χ1n) is 8.46. The minimum atomic E-state index is -3.60. The fourth-order valence-electron chi connectivity index (χ4n) is 3.26. The van der Waals surface area contributed by atoms with Crippen molar-refractivity contribution in [2.75, 3.05) is 0 Å². The lowest BCUT2D eigenvalue weighted by atomic mass is 9.88. The molecule has 1 aromatic rings. The highest BCUT2D eigenvalue weighted by atomic mass is 32.2. The average molecular weight is 368 g/mol. The molecule has 1 aliphatic heterocycles. The molecule has 1 unspecified atom stereocenters. The molecular formula is C18H22F2N2O2S. The lowest BCUT2D eigenvalue weighted by Crippen LogP contribution is -2.37. The molecule has 1 aliphatic carbocycles. The van der Waals surface area contributed by atoms with Gasteiger partial charge in [-0.2, -0.15) is 0 Å². The van der Waals surface area contributed by atoms with Gasteiger partial charge < -0.3 is 5.32 Å². The third-order valence-electron chi connectivity index (χ3n) is 4.80. The van der Waals surface area contributed by atoms with Crippen molar-refractivity contribution in [1.82, 2.24) is 10.0 Å². The number of sulfonamides is 1. The quantitative estimate of drug-likeness (QED) is 0.849. The largest absolute Gasteiger partial charge is 0.376 e. The van der Waals surface area contributed by atoms with E-state index in [2.05, 4.69) is 17.0 Å². The summed E-state index contributed by atoms with van der Waals surface area (Å²) in [6, 6.07) is 5.15. The first kappa shape index (κ1) is 18.1. The van der Waals surface area contributed by atoms with Gasteiger partial charge in [0.25, 0.3) is 0 Å². The minimum Gasteiger partial charge on any atom is -0.376 e. The monoisotopic (exact) mass is 368 g/mol. The summed E-state index contributed by atoms with van der Waals surface area (Å²) in [5, 5.41) is 2.62. The van der Waals surface area contributed by atoms with Gasteiger partial charge in [-0.1, -0.05) is 19.1 Å². The van der Waals surface area contributed by atoms with E-state index >= 15 is 0 Å². The molecule has 25 heavy (non-hydrogen) atoms. The van der Waals surface area contributed by atoms with E-state index in [-0.39, 0.29) is 10.9 Å². The summed E-state index contributed by atoms with van der Waals surface area (Å²) in [6.45, 7) is 2.18. The molecule has 0 aromatic heterocycles. The number of hydrogen-bond donors (Lipinski definition) is 2. The highest BCUT2D eigenvalue weighted by Gasteiger charge is 2.25. The first-order valence-corrected chi connectivity index (χ1v) is 9.94. The van der Waals surface area contributed by atoms with Gasteiger partial charge in [-0.15, -0.1) is 0 Å². The molecule has 4 nitrogen and oxygen atoms in total. The minimum absolute atomic E-state index is 0.0330. The molecule has 2 aliphatic rings. The van der Waals surface area contributed by atoms with Crippen molar-refractivity contribution in [3.8, 4) is 0 Å². The van der Waals surface area contributed by atoms with Crippen molar-refractivity contribution < 1.29 is 17.2 Å². The molecule has 1 fully saturated rings. The van der Waals surface area contributed by atoms with Crippen molar-refractivity contribution in [3.05, 3.63) is 53.8 Å². The molecule has 3 rings (SSSR count). The van der Waals surface area contributed by atoms with E-state index in [1.165, 1.54) is 12.1 Å². The van der Waals surface area contributed by atoms with Gasteiger partial charge in [0.2, 0.25) is 10.0 Å². The Bertz CT molecular complexity index is 780. The van der Waals surface area contributed by atoms with Gasteiger partial charge >= 0.3 is 0 Å². The van der Waals surface area contributed by atoms with Crippen molar-refractivity contribution in [2.24, 2.45) is 5.92 Å². The van der Waals surface area contributed by atoms with Crippen molar-refractivity contribution in [2.45, 2.75) is 49.6 Å². The summed E-state index contributed by atoms with van der Waals surface area (Å²) in [5.74, 6) is -0.686. The van der Waals surface area contributed by atoms with Crippen LogP contribution in [-0.4, -0.2) is 14.5 Å². The zero-order valence-corrected chi connectivity index (χ0v) is 14.8. The number of allylic oxidation sites excluding steroid dienone is 2. The maximum atomic E-state index is 13.8. The molecule has 1 saturated carbocycles. The van der Waals surface area contributed by atoms with Crippen LogP contribution in [0.15, 0.2) is 53.1 Å². The fraction of sp³-hybridized carbons (Fsp3) is 0.444. The maximum Gasteiger partial charge on any atom is 0.240 e. The fourth-order valence-corrected chi connectivity index (χ4v) is 4.56. The van der Waals surface area contributed by atoms with Crippen LogP contribution in [0.1, 0.15) is 44.2 Å². The smallest absolute Gasteiger partial charge is 0.240 e. The Balaban J connectivity index is 1.70. The first-order chi connectivity index (χ1) is 11.8. The summed E-state index contributed by atoms with van der Waals surface area (Å²) in [7, 11) is -3.60. The molecule has 0 spiro atoms. The SMILES string of the molecule is CC1CCC(NS(=O)(=O)c2ccc(C3NC=C(F)C=C3F)cc2)CC1. The highest BCUT2D eigenvalue weighted by Crippen LogP contribution is 2.29. The molecule has 1 atom stereocenters. The van der Waals surface area contributed by atoms with Crippen LogP contribution < -0.4 is 10.0 Å². The van der Waals surface area contributed by atoms with Crippen LogP contribution >= 0.6 is 0 Å². The Kier molecular flexibility index (Phi) is 5.24. The number of rotatable bonds is 4. The zero-order chi connectivity index (χ0) is 18.0. The Hall–Kier alpha value is -1.73. The van der Waals surface area contributed by atoms with Crippen molar-refractivity contribution >= 4 is 10.0 Å². The van der Waals surface area contributed by atoms with Crippen molar-refractivity contribution in [1.29, 1.82) is 0 Å². The van der Waals surface area contributed by atoms with Crippen LogP contribution in [0.2, 0.25) is 0 Å². The van der Waals surface area contributed by atoms with Gasteiger partial charge in [-0.25, -0.2) is 21.9 Å². The Labute approximate surface area is 147 Å². The molecule has 1 heterocycles. The van der Waals surface area contributed by atoms with Crippen LogP contribution in [0.5, 0.6) is 0 Å². The third kappa shape index (κ3) is 4.27. The van der Waals surface area contributed by atoms with Crippen LogP contribution in [0.4, 0.5) is 8.78 Å². The second-order valence-electron chi connectivity index (χ2n) is 6.81. The molecule has 136 valence electrons. The van der Waals surface area contributed by atoms with E-state index < -0.39 is 27.7 Å². The molecule has 2 N–H and O–H groups in total. The van der Waals surface area contributed by atoms with Crippen LogP contribution in [0.3, 0.4) is 0 Å². The second-order valence-corrected chi connectivity index (χ2v) is 8.52. The van der Waals surface area contributed by atoms with E-state index in [1.54, 1.807) is 12.1 Å². The zero-order valence-electron chi connectivity index (χ0n) is 14.0. The lowest BCUT2D eigenvalue weighted by molar-refractivity contribution is 0.332. The predicted octanol–water partition coefficient (Wildman–Crippen LogP) is 3.85. The lowest BCUT2D eigenvalue weighted by Gasteiger charge is -2.26. The van der Waals surface area contributed by atoms with Gasteiger partial charge in [0, 0.05) is 18.3 Å². The standard InChI is InChI=1S/C18H22F2N2O2S/c1-12-2-6-15(7-3-12)22-25(23,24)16-8-4-13(5-9-16)18-17(20)10-14(19)11-21-18/h4-5,8-12,15,18,21-22H,2-3,6-7H2,1H3. The van der Waals surface area contributed by atoms with Crippen LogP contribution in [-0.2, 0) is 10.0 Å². The summed E-state index contributed by atoms with van der Waals surface area (Å²) in [4.78, 5) is 0.150. The molecule has 0 radical (unpaired) electrons. The average Bonchev–Trinajstić information content (AvgIpc) is 2.57. The normalized spacial score (nSPS) is 27.2. The van der Waals surface area contributed by atoms with Gasteiger partial charge in [-0.05, 0) is 49.3 Å². The number of dihydropyridines is 1. The van der Waals surface area contributed by atoms with Gasteiger partial charge in [0.15, 0.2) is 0 Å². The molecule has 0 amide bonds. The van der Waals surface area contributed by atoms with Gasteiger partial charge in [0.1, 0.15) is 17.7 Å². The summed E-state index contributed by atoms with van der Waals surface area (Å²) >= 11 is 0. The van der Waals surface area contributed by atoms with Gasteiger partial charge in [-0.3, -0.25) is 0 Å². The number of hydrogen-bond acceptors (Lipinski definition) is 3. The summed E-state index contributed by atoms with van der Waals surface area (Å²) in [5.41, 5.74) is 0.531. The van der Waals surface area contributed by atoms with E-state index in [0.29, 0.717) is 11.5 Å². The summed E-state index contributed by atoms with van der Waals surface area (Å²) < 4.78 is 54.6. The molecule has 0 bridgehead atoms. The Morgan fingerprint density at radius 3 is 2.32 bits per heavy atom. The molecule has 7 heteroatoms. The van der Waals surface area contributed by atoms with Crippen molar-refractivity contribution in [3.63, 3.8) is 0 Å². The summed E-state index contributed by atoms with van der Waals surface area (Å²) in [6.07, 6.45) is 5.64. The predicted molar refractivity (Wildman–Crippen MR) is 92.4 cm³/mol. The number of nitrogens with one attached hydrogen (secondary N) is 2. The second kappa shape index (κ2) is 7.25. The van der Waals surface area contributed by atoms with E-state index in [0.717, 1.165) is 38.0 Å². The maximum absolute atomic E-state index is 13.8. The van der Waals surface area contributed by atoms with E-state index in [9.17, 15) is 17.2 Å². The highest BCUT2D eigenvalue weighted by molar-refractivity contribution is 7.89. The van der Waals surface area contributed by atoms with Crippen LogP contribution in [0.25, 0.3) is 0 Å². The third-order valence-corrected chi connectivity index (χ3v) is 6.34. The van der Waals surface area contributed by atoms with Crippen LogP contribution in [0, 0.1) is 5.92 Å². The van der Waals surface area contributed by atoms with E-state index in [1.807, 2.05) is 0 Å². The number of benzene rings is 1. The van der Waals surface area contributed by atoms with E-state index in [4.69, 9.17) is 0 Å². The molecular weight excluding hydrogens is 346 g/mol. The topological polar surface area (TPSA) is 58.2 Å². The number of halogens is 2. The molecule has 1 aromatic carbocycles. The van der Waals surface area contributed by atoms with Gasteiger partial charge in [0.05, 0.1) is 4.90 Å². The Morgan fingerprint density at radius 2 is 1.72 bits per heavy atom.